The zero-order valence-electron chi connectivity index (χ0n) is 16.4. The molecule has 2 aliphatic rings. The zero-order chi connectivity index (χ0) is 25.2. The van der Waals surface area contributed by atoms with Crippen molar-refractivity contribution in [3.8, 4) is 0 Å². The molecule has 1 saturated heterocycles. The number of benzene rings is 2. The van der Waals surface area contributed by atoms with Crippen LogP contribution in [0.25, 0.3) is 0 Å². The van der Waals surface area contributed by atoms with Crippen molar-refractivity contribution in [2.75, 3.05) is 10.6 Å². The molecule has 0 saturated carbocycles. The fourth-order valence-corrected chi connectivity index (χ4v) is 5.53. The van der Waals surface area contributed by atoms with Gasteiger partial charge in [-0.25, -0.2) is 0 Å². The van der Waals surface area contributed by atoms with Crippen LogP contribution in [0.4, 0.5) is 24.5 Å². The van der Waals surface area contributed by atoms with E-state index in [1.165, 1.54) is 24.3 Å². The number of hydrogen-bond acceptors (Lipinski definition) is 4. The van der Waals surface area contributed by atoms with Crippen LogP contribution in [-0.2, 0) is 19.9 Å². The van der Waals surface area contributed by atoms with Gasteiger partial charge in [-0.3, -0.25) is 19.7 Å². The second-order valence-corrected chi connectivity index (χ2v) is 9.44. The first-order valence-corrected chi connectivity index (χ1v) is 10.9. The fraction of sp³-hybridized carbons (Fsp3) is 0.250. The third-order valence-corrected chi connectivity index (χ3v) is 6.65. The van der Waals surface area contributed by atoms with E-state index in [1.807, 2.05) is 0 Å². The topological polar surface area (TPSA) is 108 Å². The first-order chi connectivity index (χ1) is 15.8. The number of aliphatic carboxylic acids is 1. The molecule has 4 unspecified atom stereocenters. The number of rotatable bonds is 3. The van der Waals surface area contributed by atoms with Gasteiger partial charge in [-0.05, 0) is 30.3 Å². The highest BCUT2D eigenvalue weighted by Crippen LogP contribution is 2.54. The summed E-state index contributed by atoms with van der Waals surface area (Å²) in [7, 11) is 0. The molecule has 1 fully saturated rings. The second kappa shape index (κ2) is 8.46. The molecule has 0 radical (unpaired) electrons. The second-order valence-electron chi connectivity index (χ2n) is 7.72. The van der Waals surface area contributed by atoms with Gasteiger partial charge in [-0.1, -0.05) is 46.4 Å². The number of nitrogens with one attached hydrogen (secondary N) is 3. The number of alkyl halides is 3. The molecular formula is C20H12Cl4F3N3O4. The van der Waals surface area contributed by atoms with Crippen molar-refractivity contribution in [1.82, 2.24) is 5.32 Å². The summed E-state index contributed by atoms with van der Waals surface area (Å²) in [5.74, 6) is -8.71. The average Bonchev–Trinajstić information content (AvgIpc) is 3.19. The van der Waals surface area contributed by atoms with Gasteiger partial charge in [-0.2, -0.15) is 13.2 Å². The van der Waals surface area contributed by atoms with Crippen molar-refractivity contribution in [3.05, 3.63) is 56.0 Å². The quantitative estimate of drug-likeness (QED) is 0.428. The summed E-state index contributed by atoms with van der Waals surface area (Å²) in [4.78, 5) is 38.5. The first kappa shape index (κ1) is 24.9. The molecule has 34 heavy (non-hydrogen) atoms. The average molecular weight is 557 g/mol. The van der Waals surface area contributed by atoms with Crippen LogP contribution in [0.1, 0.15) is 5.56 Å². The maximum absolute atomic E-state index is 14.1. The molecule has 2 aromatic carbocycles. The largest absolute Gasteiger partial charge is 0.481 e. The van der Waals surface area contributed by atoms with Gasteiger partial charge in [0.2, 0.25) is 11.8 Å². The van der Waals surface area contributed by atoms with Crippen molar-refractivity contribution in [3.63, 3.8) is 0 Å². The summed E-state index contributed by atoms with van der Waals surface area (Å²) < 4.78 is 42.3. The minimum Gasteiger partial charge on any atom is -0.481 e. The van der Waals surface area contributed by atoms with Crippen molar-refractivity contribution >= 4 is 75.6 Å². The monoisotopic (exact) mass is 555 g/mol. The Balaban J connectivity index is 1.88. The van der Waals surface area contributed by atoms with Crippen LogP contribution in [0.15, 0.2) is 30.3 Å². The highest BCUT2D eigenvalue weighted by atomic mass is 35.5. The van der Waals surface area contributed by atoms with Gasteiger partial charge < -0.3 is 15.7 Å². The van der Waals surface area contributed by atoms with Crippen LogP contribution in [0, 0.1) is 11.8 Å². The smallest absolute Gasteiger partial charge is 0.404 e. The number of carboxylic acid groups (broad SMARTS) is 1. The summed E-state index contributed by atoms with van der Waals surface area (Å²) in [5.41, 5.74) is -2.85. The number of halogens is 7. The van der Waals surface area contributed by atoms with Crippen LogP contribution >= 0.6 is 46.4 Å². The molecule has 0 bridgehead atoms. The predicted octanol–water partition coefficient (Wildman–Crippen LogP) is 4.94. The van der Waals surface area contributed by atoms with E-state index < -0.39 is 47.4 Å². The lowest BCUT2D eigenvalue weighted by molar-refractivity contribution is -0.169. The van der Waals surface area contributed by atoms with E-state index in [1.54, 1.807) is 0 Å². The normalized spacial score (nSPS) is 25.9. The van der Waals surface area contributed by atoms with Crippen molar-refractivity contribution in [1.29, 1.82) is 0 Å². The molecule has 0 aliphatic carbocycles. The molecule has 4 rings (SSSR count). The summed E-state index contributed by atoms with van der Waals surface area (Å²) in [6.07, 6.45) is -5.11. The van der Waals surface area contributed by atoms with Gasteiger partial charge in [0.25, 0.3) is 0 Å². The SMILES string of the molecule is O=C(Nc1cc(Cl)cc(Cl)c1)C1C(C(F)(F)F)NC2(C(=O)Nc3c(Cl)cc(Cl)cc32)C1C(=O)O. The van der Waals surface area contributed by atoms with Crippen molar-refractivity contribution in [2.24, 2.45) is 11.8 Å². The molecule has 2 heterocycles. The third-order valence-electron chi connectivity index (χ3n) is 5.70. The van der Waals surface area contributed by atoms with Crippen LogP contribution in [0.5, 0.6) is 0 Å². The van der Waals surface area contributed by atoms with Gasteiger partial charge >= 0.3 is 12.1 Å². The molecule has 2 aromatic rings. The Morgan fingerprint density at radius 2 is 1.59 bits per heavy atom. The number of anilines is 2. The number of hydrogen-bond donors (Lipinski definition) is 4. The lowest BCUT2D eigenvalue weighted by atomic mass is 9.75. The van der Waals surface area contributed by atoms with Crippen LogP contribution in [0.3, 0.4) is 0 Å². The summed E-state index contributed by atoms with van der Waals surface area (Å²) in [5, 5.41) is 16.6. The number of amides is 2. The molecule has 14 heteroatoms. The Labute approximate surface area is 209 Å². The van der Waals surface area contributed by atoms with E-state index in [-0.39, 0.29) is 37.0 Å². The van der Waals surface area contributed by atoms with Gasteiger partial charge in [0.05, 0.1) is 16.6 Å². The highest BCUT2D eigenvalue weighted by molar-refractivity contribution is 6.38. The summed E-state index contributed by atoms with van der Waals surface area (Å²) in [6.45, 7) is 0. The van der Waals surface area contributed by atoms with Crippen LogP contribution in [-0.4, -0.2) is 35.1 Å². The van der Waals surface area contributed by atoms with Gasteiger partial charge in [0.1, 0.15) is 17.5 Å². The number of carbonyl (C=O) groups excluding carboxylic acids is 2. The minimum atomic E-state index is -5.11. The molecular weight excluding hydrogens is 545 g/mol. The molecule has 2 aliphatic heterocycles. The van der Waals surface area contributed by atoms with Crippen molar-refractivity contribution in [2.45, 2.75) is 17.8 Å². The van der Waals surface area contributed by atoms with E-state index in [0.29, 0.717) is 0 Å². The Kier molecular flexibility index (Phi) is 6.19. The number of carbonyl (C=O) groups is 3. The molecule has 0 aromatic heterocycles. The molecule has 4 N–H and O–H groups in total. The van der Waals surface area contributed by atoms with Crippen molar-refractivity contribution < 1.29 is 32.7 Å². The number of fused-ring (bicyclic) bond motifs is 2. The van der Waals surface area contributed by atoms with Gasteiger partial charge in [0, 0.05) is 26.3 Å². The standard InChI is InChI=1S/C20H12Cl4F3N3O4/c21-6-1-7(22)3-9(2-6)28-16(31)12-13(17(32)33)19(30-15(12)20(25,26)27)10-4-8(23)5-11(24)14(10)29-18(19)34/h1-5,12-13,15,30H,(H,28,31)(H,29,34)(H,32,33). The minimum absolute atomic E-state index is 0.0457. The van der Waals surface area contributed by atoms with Crippen LogP contribution < -0.4 is 16.0 Å². The fourth-order valence-electron chi connectivity index (χ4n) is 4.46. The van der Waals surface area contributed by atoms with Gasteiger partial charge in [0.15, 0.2) is 0 Å². The lowest BCUT2D eigenvalue weighted by Crippen LogP contribution is -2.53. The number of carboxylic acids is 1. The highest BCUT2D eigenvalue weighted by Gasteiger charge is 2.71. The van der Waals surface area contributed by atoms with E-state index in [9.17, 15) is 32.7 Å². The van der Waals surface area contributed by atoms with E-state index >= 15 is 0 Å². The van der Waals surface area contributed by atoms with E-state index in [0.717, 1.165) is 6.07 Å². The Morgan fingerprint density at radius 1 is 1.00 bits per heavy atom. The van der Waals surface area contributed by atoms with Gasteiger partial charge in [-0.15, -0.1) is 0 Å². The molecule has 2 amide bonds. The molecule has 4 atom stereocenters. The summed E-state index contributed by atoms with van der Waals surface area (Å²) >= 11 is 23.8. The molecule has 180 valence electrons. The van der Waals surface area contributed by atoms with Crippen LogP contribution in [0.2, 0.25) is 20.1 Å². The maximum Gasteiger partial charge on any atom is 0.404 e. The predicted molar refractivity (Wildman–Crippen MR) is 119 cm³/mol. The maximum atomic E-state index is 14.1. The third kappa shape index (κ3) is 3.97. The summed E-state index contributed by atoms with van der Waals surface area (Å²) in [6, 6.07) is 3.43. The Hall–Kier alpha value is -2.24. The Bertz CT molecular complexity index is 1220. The zero-order valence-corrected chi connectivity index (χ0v) is 19.5. The Morgan fingerprint density at radius 3 is 2.15 bits per heavy atom. The molecule has 1 spiro atoms. The first-order valence-electron chi connectivity index (χ1n) is 9.41. The molecule has 7 nitrogen and oxygen atoms in total. The lowest BCUT2D eigenvalue weighted by Gasteiger charge is -2.28. The van der Waals surface area contributed by atoms with E-state index in [2.05, 4.69) is 16.0 Å². The van der Waals surface area contributed by atoms with E-state index in [4.69, 9.17) is 46.4 Å².